The van der Waals surface area contributed by atoms with Gasteiger partial charge >= 0.3 is 0 Å². The van der Waals surface area contributed by atoms with Crippen LogP contribution in [0.3, 0.4) is 0 Å². The van der Waals surface area contributed by atoms with Gasteiger partial charge in [0, 0.05) is 17.3 Å². The Morgan fingerprint density at radius 2 is 1.67 bits per heavy atom. The van der Waals surface area contributed by atoms with E-state index in [1.807, 2.05) is 0 Å². The van der Waals surface area contributed by atoms with Gasteiger partial charge in [-0.1, -0.05) is 25.1 Å². The molecular formula is C20H16ClF3N4O2. The van der Waals surface area contributed by atoms with Crippen molar-refractivity contribution in [2.24, 2.45) is 5.73 Å². The van der Waals surface area contributed by atoms with E-state index in [4.69, 9.17) is 22.7 Å². The average Bonchev–Trinajstić information content (AvgIpc) is 2.66. The normalized spacial score (nSPS) is 10.3. The molecule has 30 heavy (non-hydrogen) atoms. The molecule has 0 aliphatic heterocycles. The molecule has 1 heterocycles. The molecule has 0 saturated carbocycles. The molecule has 0 radical (unpaired) electrons. The molecule has 0 aliphatic rings. The zero-order chi connectivity index (χ0) is 21.3. The van der Waals surface area contributed by atoms with Crippen molar-refractivity contribution in [2.75, 3.05) is 5.32 Å². The number of rotatable bonds is 5. The van der Waals surface area contributed by atoms with Crippen LogP contribution in [0.15, 0.2) is 47.4 Å². The first-order valence-electron chi connectivity index (χ1n) is 8.01. The number of nitrogens with one attached hydrogen (secondary N) is 3. The standard InChI is InChI=1S/C19H12ClF3N4O2.CH4/c20-11-7-26-19(29)14(16(11)27-17-12(22)2-1-3-13(17)23)15(24)8-4-9(18(25)28)6-10(21)5-8;/h1-7,24H,(H2,25,28)(H2,26,27,29);1H4. The number of hydrogen-bond donors (Lipinski definition) is 4. The van der Waals surface area contributed by atoms with Crippen LogP contribution in [0.4, 0.5) is 24.5 Å². The van der Waals surface area contributed by atoms with Crippen LogP contribution in [0.25, 0.3) is 0 Å². The Bertz CT molecular complexity index is 1190. The van der Waals surface area contributed by atoms with E-state index in [-0.39, 0.29) is 29.3 Å². The molecule has 3 aromatic rings. The summed E-state index contributed by atoms with van der Waals surface area (Å²) in [5, 5.41) is 10.6. The number of benzene rings is 2. The van der Waals surface area contributed by atoms with E-state index < -0.39 is 45.9 Å². The number of aromatic nitrogens is 1. The summed E-state index contributed by atoms with van der Waals surface area (Å²) in [6.07, 6.45) is 1.07. The van der Waals surface area contributed by atoms with Crippen molar-refractivity contribution in [2.45, 2.75) is 7.43 Å². The fraction of sp³-hybridized carbons (Fsp3) is 0.0500. The maximum Gasteiger partial charge on any atom is 0.259 e. The highest BCUT2D eigenvalue weighted by molar-refractivity contribution is 6.34. The van der Waals surface area contributed by atoms with Gasteiger partial charge in [0.05, 0.1) is 22.0 Å². The molecular weight excluding hydrogens is 421 g/mol. The molecule has 0 aliphatic carbocycles. The Morgan fingerprint density at radius 3 is 2.27 bits per heavy atom. The maximum atomic E-state index is 14.0. The number of para-hydroxylation sites is 1. The monoisotopic (exact) mass is 436 g/mol. The molecule has 0 spiro atoms. The maximum absolute atomic E-state index is 14.0. The highest BCUT2D eigenvalue weighted by Crippen LogP contribution is 2.31. The van der Waals surface area contributed by atoms with E-state index in [9.17, 15) is 22.8 Å². The van der Waals surface area contributed by atoms with Crippen molar-refractivity contribution in [1.82, 2.24) is 4.98 Å². The molecule has 156 valence electrons. The van der Waals surface area contributed by atoms with Crippen LogP contribution in [0.2, 0.25) is 5.02 Å². The first-order chi connectivity index (χ1) is 13.7. The third kappa shape index (κ3) is 4.36. The second-order valence-corrected chi connectivity index (χ2v) is 6.31. The van der Waals surface area contributed by atoms with Crippen molar-refractivity contribution in [3.05, 3.63) is 92.1 Å². The number of pyridine rings is 1. The average molecular weight is 437 g/mol. The van der Waals surface area contributed by atoms with Crippen molar-refractivity contribution >= 4 is 34.6 Å². The number of anilines is 2. The van der Waals surface area contributed by atoms with E-state index in [0.717, 1.165) is 42.6 Å². The highest BCUT2D eigenvalue weighted by Gasteiger charge is 2.21. The van der Waals surface area contributed by atoms with Gasteiger partial charge in [0.1, 0.15) is 23.1 Å². The van der Waals surface area contributed by atoms with E-state index >= 15 is 0 Å². The van der Waals surface area contributed by atoms with Gasteiger partial charge in [0.15, 0.2) is 0 Å². The molecule has 1 aromatic heterocycles. The number of carbonyl (C=O) groups is 1. The van der Waals surface area contributed by atoms with Crippen molar-refractivity contribution in [3.8, 4) is 0 Å². The van der Waals surface area contributed by atoms with Gasteiger partial charge in [0.2, 0.25) is 5.91 Å². The van der Waals surface area contributed by atoms with Crippen LogP contribution in [-0.4, -0.2) is 16.6 Å². The minimum Gasteiger partial charge on any atom is -0.366 e. The lowest BCUT2D eigenvalue weighted by Crippen LogP contribution is -2.22. The van der Waals surface area contributed by atoms with Crippen molar-refractivity contribution in [3.63, 3.8) is 0 Å². The molecule has 0 fully saturated rings. The van der Waals surface area contributed by atoms with Gasteiger partial charge in [-0.15, -0.1) is 0 Å². The summed E-state index contributed by atoms with van der Waals surface area (Å²) in [6, 6.07) is 6.02. The molecule has 0 saturated heterocycles. The van der Waals surface area contributed by atoms with Gasteiger partial charge in [-0.05, 0) is 30.3 Å². The molecule has 0 atom stereocenters. The van der Waals surface area contributed by atoms with Crippen molar-refractivity contribution < 1.29 is 18.0 Å². The predicted molar refractivity (Wildman–Crippen MR) is 109 cm³/mol. The Balaban J connectivity index is 0.00000320. The van der Waals surface area contributed by atoms with Crippen LogP contribution in [-0.2, 0) is 0 Å². The SMILES string of the molecule is C.N=C(c1cc(F)cc(C(N)=O)c1)c1c(Nc2c(F)cccc2F)c(Cl)c[nH]c1=O. The molecule has 3 rings (SSSR count). The summed E-state index contributed by atoms with van der Waals surface area (Å²) in [5.41, 5.74) is 2.11. The zero-order valence-electron chi connectivity index (χ0n) is 14.4. The fourth-order valence-corrected chi connectivity index (χ4v) is 2.83. The largest absolute Gasteiger partial charge is 0.366 e. The third-order valence-electron chi connectivity index (χ3n) is 3.98. The quantitative estimate of drug-likeness (QED) is 0.446. The van der Waals surface area contributed by atoms with Gasteiger partial charge < -0.3 is 16.0 Å². The zero-order valence-corrected chi connectivity index (χ0v) is 15.2. The summed E-state index contributed by atoms with van der Waals surface area (Å²) in [7, 11) is 0. The van der Waals surface area contributed by atoms with Gasteiger partial charge in [-0.25, -0.2) is 13.2 Å². The van der Waals surface area contributed by atoms with Crippen LogP contribution in [0.5, 0.6) is 0 Å². The lowest BCUT2D eigenvalue weighted by molar-refractivity contribution is 0.1000. The lowest BCUT2D eigenvalue weighted by atomic mass is 9.99. The Hall–Kier alpha value is -3.59. The summed E-state index contributed by atoms with van der Waals surface area (Å²) >= 11 is 6.08. The number of hydrogen-bond acceptors (Lipinski definition) is 4. The second kappa shape index (κ2) is 8.83. The van der Waals surface area contributed by atoms with Gasteiger partial charge in [-0.3, -0.25) is 15.0 Å². The van der Waals surface area contributed by atoms with E-state index in [1.165, 1.54) is 0 Å². The second-order valence-electron chi connectivity index (χ2n) is 5.91. The van der Waals surface area contributed by atoms with Gasteiger partial charge in [-0.2, -0.15) is 0 Å². The summed E-state index contributed by atoms with van der Waals surface area (Å²) in [5.74, 6) is -3.72. The molecule has 6 nitrogen and oxygen atoms in total. The number of halogens is 4. The summed E-state index contributed by atoms with van der Waals surface area (Å²) in [4.78, 5) is 26.1. The minimum absolute atomic E-state index is 0. The van der Waals surface area contributed by atoms with Crippen LogP contribution < -0.4 is 16.6 Å². The first kappa shape index (κ1) is 22.7. The molecule has 0 unspecified atom stereocenters. The third-order valence-corrected chi connectivity index (χ3v) is 4.28. The van der Waals surface area contributed by atoms with E-state index in [2.05, 4.69) is 10.3 Å². The topological polar surface area (TPSA) is 112 Å². The van der Waals surface area contributed by atoms with E-state index in [1.54, 1.807) is 0 Å². The van der Waals surface area contributed by atoms with Crippen molar-refractivity contribution in [1.29, 1.82) is 5.41 Å². The fourth-order valence-electron chi connectivity index (χ4n) is 2.63. The first-order valence-corrected chi connectivity index (χ1v) is 8.38. The smallest absolute Gasteiger partial charge is 0.259 e. The molecule has 0 bridgehead atoms. The number of aromatic amines is 1. The Morgan fingerprint density at radius 1 is 1.07 bits per heavy atom. The predicted octanol–water partition coefficient (Wildman–Crippen LogP) is 4.34. The molecule has 1 amide bonds. The number of nitrogens with two attached hydrogens (primary N) is 1. The highest BCUT2D eigenvalue weighted by atomic mass is 35.5. The lowest BCUT2D eigenvalue weighted by Gasteiger charge is -2.15. The van der Waals surface area contributed by atoms with Crippen LogP contribution in [0, 0.1) is 22.9 Å². The number of carbonyl (C=O) groups excluding carboxylic acids is 1. The summed E-state index contributed by atoms with van der Waals surface area (Å²) in [6.45, 7) is 0. The number of primary amides is 1. The Kier molecular flexibility index (Phi) is 6.68. The summed E-state index contributed by atoms with van der Waals surface area (Å²) < 4.78 is 41.9. The van der Waals surface area contributed by atoms with Crippen LogP contribution >= 0.6 is 11.6 Å². The number of H-pyrrole nitrogens is 1. The number of amides is 1. The van der Waals surface area contributed by atoms with Gasteiger partial charge in [0.25, 0.3) is 5.56 Å². The van der Waals surface area contributed by atoms with E-state index in [0.29, 0.717) is 0 Å². The molecule has 2 aromatic carbocycles. The molecule has 10 heteroatoms. The van der Waals surface area contributed by atoms with Crippen LogP contribution in [0.1, 0.15) is 28.9 Å². The molecule has 5 N–H and O–H groups in total. The minimum atomic E-state index is -0.958. The Labute approximate surface area is 174 Å².